The van der Waals surface area contributed by atoms with E-state index in [9.17, 15) is 9.18 Å². The quantitative estimate of drug-likeness (QED) is 0.866. The number of amides is 1. The molecule has 5 heteroatoms. The second-order valence-electron chi connectivity index (χ2n) is 5.97. The maximum absolute atomic E-state index is 13.8. The number of piperidine rings is 1. The average Bonchev–Trinajstić information content (AvgIpc) is 2.78. The third kappa shape index (κ3) is 2.33. The van der Waals surface area contributed by atoms with Crippen LogP contribution in [0.3, 0.4) is 0 Å². The van der Waals surface area contributed by atoms with E-state index in [1.165, 1.54) is 6.07 Å². The number of halogens is 2. The van der Waals surface area contributed by atoms with Gasteiger partial charge >= 0.3 is 0 Å². The zero-order valence-corrected chi connectivity index (χ0v) is 13.4. The number of rotatable bonds is 1. The van der Waals surface area contributed by atoms with Gasteiger partial charge in [0.15, 0.2) is 0 Å². The van der Waals surface area contributed by atoms with Crippen LogP contribution in [0.5, 0.6) is 0 Å². The van der Waals surface area contributed by atoms with Crippen LogP contribution in [0.25, 0.3) is 0 Å². The number of carbonyl (C=O) groups is 1. The first kappa shape index (κ1) is 16.0. The molecule has 0 radical (unpaired) electrons. The minimum atomic E-state index is -0.585. The van der Waals surface area contributed by atoms with Crippen LogP contribution < -0.4 is 10.2 Å². The molecule has 1 fully saturated rings. The van der Waals surface area contributed by atoms with E-state index >= 15 is 0 Å². The van der Waals surface area contributed by atoms with Crippen molar-refractivity contribution in [3.05, 3.63) is 59.9 Å². The molecular weight excluding hydrogens is 315 g/mol. The summed E-state index contributed by atoms with van der Waals surface area (Å²) in [4.78, 5) is 15.0. The van der Waals surface area contributed by atoms with Crippen LogP contribution in [0.2, 0.25) is 0 Å². The van der Waals surface area contributed by atoms with Gasteiger partial charge in [0.2, 0.25) is 5.91 Å². The third-order valence-corrected chi connectivity index (χ3v) is 4.80. The van der Waals surface area contributed by atoms with Crippen LogP contribution in [-0.4, -0.2) is 19.0 Å². The van der Waals surface area contributed by atoms with Crippen LogP contribution in [0.15, 0.2) is 48.5 Å². The molecule has 2 aliphatic rings. The second kappa shape index (κ2) is 5.95. The Morgan fingerprint density at radius 3 is 2.43 bits per heavy atom. The fourth-order valence-electron chi connectivity index (χ4n) is 3.70. The highest BCUT2D eigenvalue weighted by Gasteiger charge is 2.51. The van der Waals surface area contributed by atoms with Gasteiger partial charge in [0, 0.05) is 5.69 Å². The van der Waals surface area contributed by atoms with Crippen LogP contribution in [-0.2, 0) is 10.2 Å². The Hall–Kier alpha value is -1.91. The number of carbonyl (C=O) groups excluding carboxylic acids is 1. The predicted octanol–water partition coefficient (Wildman–Crippen LogP) is 3.55. The highest BCUT2D eigenvalue weighted by molar-refractivity contribution is 6.13. The van der Waals surface area contributed by atoms with E-state index in [2.05, 4.69) is 5.32 Å². The van der Waals surface area contributed by atoms with Crippen LogP contribution in [0, 0.1) is 5.82 Å². The summed E-state index contributed by atoms with van der Waals surface area (Å²) < 4.78 is 13.8. The standard InChI is InChI=1S/C18H17FN2O.ClH/c19-13-6-7-16-15(12-13)18(8-10-20-11-9-18)17(22)21(16)14-4-2-1-3-5-14;/h1-7,12,20H,8-11H2;1H. The molecule has 120 valence electrons. The van der Waals surface area contributed by atoms with E-state index in [1.807, 2.05) is 30.3 Å². The number of nitrogens with one attached hydrogen (secondary N) is 1. The molecule has 0 bridgehead atoms. The summed E-state index contributed by atoms with van der Waals surface area (Å²) in [7, 11) is 0. The molecule has 2 heterocycles. The lowest BCUT2D eigenvalue weighted by molar-refractivity contribution is -0.123. The van der Waals surface area contributed by atoms with Crippen molar-refractivity contribution in [3.63, 3.8) is 0 Å². The summed E-state index contributed by atoms with van der Waals surface area (Å²) >= 11 is 0. The summed E-state index contributed by atoms with van der Waals surface area (Å²) in [6.45, 7) is 1.56. The number of para-hydroxylation sites is 1. The van der Waals surface area contributed by atoms with Gasteiger partial charge in [0.05, 0.1) is 11.1 Å². The number of hydrogen-bond donors (Lipinski definition) is 1. The smallest absolute Gasteiger partial charge is 0.242 e. The van der Waals surface area contributed by atoms with E-state index < -0.39 is 5.41 Å². The van der Waals surface area contributed by atoms with E-state index in [1.54, 1.807) is 17.0 Å². The molecule has 23 heavy (non-hydrogen) atoms. The summed E-state index contributed by atoms with van der Waals surface area (Å²) in [5.74, 6) is -0.208. The number of fused-ring (bicyclic) bond motifs is 2. The molecule has 2 aromatic carbocycles. The maximum atomic E-state index is 13.8. The summed E-state index contributed by atoms with van der Waals surface area (Å²) in [5, 5.41) is 3.29. The van der Waals surface area contributed by atoms with Gasteiger partial charge in [0.25, 0.3) is 0 Å². The lowest BCUT2D eigenvalue weighted by Gasteiger charge is -2.33. The van der Waals surface area contributed by atoms with Crippen molar-refractivity contribution in [1.82, 2.24) is 5.32 Å². The molecular formula is C18H18ClFN2O. The Morgan fingerprint density at radius 2 is 1.74 bits per heavy atom. The van der Waals surface area contributed by atoms with Crippen molar-refractivity contribution >= 4 is 29.7 Å². The summed E-state index contributed by atoms with van der Waals surface area (Å²) in [6, 6.07) is 14.3. The molecule has 1 spiro atoms. The SMILES string of the molecule is Cl.O=C1N(c2ccccc2)c2ccc(F)cc2C12CCNCC2. The minimum absolute atomic E-state index is 0. The Bertz CT molecular complexity index is 729. The van der Waals surface area contributed by atoms with Gasteiger partial charge in [-0.25, -0.2) is 4.39 Å². The van der Waals surface area contributed by atoms with Crippen molar-refractivity contribution in [1.29, 1.82) is 0 Å². The first-order chi connectivity index (χ1) is 10.7. The van der Waals surface area contributed by atoms with Gasteiger partial charge in [-0.1, -0.05) is 18.2 Å². The number of nitrogens with zero attached hydrogens (tertiary/aromatic N) is 1. The topological polar surface area (TPSA) is 32.3 Å². The molecule has 4 rings (SSSR count). The van der Waals surface area contributed by atoms with Crippen molar-refractivity contribution < 1.29 is 9.18 Å². The number of anilines is 2. The fourth-order valence-corrected chi connectivity index (χ4v) is 3.70. The van der Waals surface area contributed by atoms with Crippen molar-refractivity contribution in [2.45, 2.75) is 18.3 Å². The lowest BCUT2D eigenvalue weighted by Crippen LogP contribution is -2.46. The molecule has 0 aromatic heterocycles. The minimum Gasteiger partial charge on any atom is -0.317 e. The van der Waals surface area contributed by atoms with Gasteiger partial charge in [-0.15, -0.1) is 12.4 Å². The Kier molecular flexibility index (Phi) is 4.13. The van der Waals surface area contributed by atoms with Crippen LogP contribution >= 0.6 is 12.4 Å². The number of benzene rings is 2. The van der Waals surface area contributed by atoms with Gasteiger partial charge in [0.1, 0.15) is 5.82 Å². The lowest BCUT2D eigenvalue weighted by atomic mass is 9.74. The monoisotopic (exact) mass is 332 g/mol. The molecule has 1 amide bonds. The molecule has 1 N–H and O–H groups in total. The van der Waals surface area contributed by atoms with Crippen molar-refractivity contribution in [2.75, 3.05) is 18.0 Å². The summed E-state index contributed by atoms with van der Waals surface area (Å²) in [5.41, 5.74) is 1.91. The molecule has 0 atom stereocenters. The second-order valence-corrected chi connectivity index (χ2v) is 5.97. The maximum Gasteiger partial charge on any atom is 0.242 e. The van der Waals surface area contributed by atoms with E-state index in [0.29, 0.717) is 12.8 Å². The Morgan fingerprint density at radius 1 is 1.04 bits per heavy atom. The fraction of sp³-hybridized carbons (Fsp3) is 0.278. The van der Waals surface area contributed by atoms with E-state index in [0.717, 1.165) is 30.0 Å². The van der Waals surface area contributed by atoms with Gasteiger partial charge < -0.3 is 5.32 Å². The van der Waals surface area contributed by atoms with Gasteiger partial charge in [-0.05, 0) is 61.8 Å². The molecule has 2 aliphatic heterocycles. The third-order valence-electron chi connectivity index (χ3n) is 4.80. The predicted molar refractivity (Wildman–Crippen MR) is 91.0 cm³/mol. The van der Waals surface area contributed by atoms with Crippen LogP contribution in [0.4, 0.5) is 15.8 Å². The number of hydrogen-bond acceptors (Lipinski definition) is 2. The molecule has 0 aliphatic carbocycles. The normalized spacial score (nSPS) is 18.7. The Balaban J connectivity index is 0.00000156. The van der Waals surface area contributed by atoms with Crippen molar-refractivity contribution in [3.8, 4) is 0 Å². The molecule has 0 unspecified atom stereocenters. The summed E-state index contributed by atoms with van der Waals surface area (Å²) in [6.07, 6.45) is 1.43. The van der Waals surface area contributed by atoms with Crippen LogP contribution in [0.1, 0.15) is 18.4 Å². The van der Waals surface area contributed by atoms with E-state index in [-0.39, 0.29) is 24.1 Å². The van der Waals surface area contributed by atoms with Gasteiger partial charge in [-0.2, -0.15) is 0 Å². The van der Waals surface area contributed by atoms with Crippen molar-refractivity contribution in [2.24, 2.45) is 0 Å². The zero-order valence-electron chi connectivity index (χ0n) is 12.6. The van der Waals surface area contributed by atoms with E-state index in [4.69, 9.17) is 0 Å². The molecule has 3 nitrogen and oxygen atoms in total. The van der Waals surface area contributed by atoms with Gasteiger partial charge in [-0.3, -0.25) is 9.69 Å². The molecule has 0 saturated carbocycles. The largest absolute Gasteiger partial charge is 0.317 e. The average molecular weight is 333 g/mol. The first-order valence-corrected chi connectivity index (χ1v) is 7.63. The molecule has 1 saturated heterocycles. The molecule has 2 aromatic rings. The Labute approximate surface area is 140 Å². The zero-order chi connectivity index (χ0) is 15.2. The highest BCUT2D eigenvalue weighted by Crippen LogP contribution is 2.49. The first-order valence-electron chi connectivity index (χ1n) is 7.63. The highest BCUT2D eigenvalue weighted by atomic mass is 35.5.